The Morgan fingerprint density at radius 1 is 1.12 bits per heavy atom. The van der Waals surface area contributed by atoms with Crippen LogP contribution in [0, 0.1) is 12.8 Å². The summed E-state index contributed by atoms with van der Waals surface area (Å²) in [4.78, 5) is 23.9. The molecule has 1 aliphatic carbocycles. The van der Waals surface area contributed by atoms with Crippen molar-refractivity contribution in [2.75, 3.05) is 19.7 Å². The van der Waals surface area contributed by atoms with Gasteiger partial charge in [0.1, 0.15) is 5.75 Å². The normalized spacial score (nSPS) is 14.9. The first-order chi connectivity index (χ1) is 12.5. The lowest BCUT2D eigenvalue weighted by molar-refractivity contribution is -0.126. The highest BCUT2D eigenvalue weighted by Crippen LogP contribution is 2.24. The van der Waals surface area contributed by atoms with E-state index in [2.05, 4.69) is 31.4 Å². The van der Waals surface area contributed by atoms with E-state index in [1.807, 2.05) is 18.2 Å². The molecule has 2 amide bonds. The molecule has 2 N–H and O–H groups in total. The Kier molecular flexibility index (Phi) is 7.95. The number of benzene rings is 1. The predicted octanol–water partition coefficient (Wildman–Crippen LogP) is 3.31. The fraction of sp³-hybridized carbons (Fsp3) is 0.619. The summed E-state index contributed by atoms with van der Waals surface area (Å²) in [5, 5.41) is 5.69. The van der Waals surface area contributed by atoms with Gasteiger partial charge in [0.15, 0.2) is 6.61 Å². The van der Waals surface area contributed by atoms with E-state index in [-0.39, 0.29) is 24.3 Å². The molecule has 5 heteroatoms. The van der Waals surface area contributed by atoms with Crippen molar-refractivity contribution in [1.29, 1.82) is 0 Å². The second-order valence-corrected chi connectivity index (χ2v) is 7.44. The van der Waals surface area contributed by atoms with Crippen molar-refractivity contribution >= 4 is 11.8 Å². The van der Waals surface area contributed by atoms with Crippen molar-refractivity contribution in [2.45, 2.75) is 58.8 Å². The molecule has 0 bridgehead atoms. The van der Waals surface area contributed by atoms with Crippen LogP contribution >= 0.6 is 0 Å². The molecule has 1 aliphatic rings. The molecule has 0 aliphatic heterocycles. The third kappa shape index (κ3) is 6.36. The van der Waals surface area contributed by atoms with Crippen LogP contribution in [-0.2, 0) is 9.59 Å². The minimum atomic E-state index is -0.178. The molecule has 1 fully saturated rings. The minimum Gasteiger partial charge on any atom is -0.484 e. The highest BCUT2D eigenvalue weighted by atomic mass is 16.5. The average molecular weight is 360 g/mol. The molecule has 26 heavy (non-hydrogen) atoms. The number of nitrogens with one attached hydrogen (secondary N) is 2. The van der Waals surface area contributed by atoms with Gasteiger partial charge < -0.3 is 15.4 Å². The summed E-state index contributed by atoms with van der Waals surface area (Å²) in [7, 11) is 0. The summed E-state index contributed by atoms with van der Waals surface area (Å²) >= 11 is 0. The minimum absolute atomic E-state index is 0.0168. The second-order valence-electron chi connectivity index (χ2n) is 7.44. The average Bonchev–Trinajstić information content (AvgIpc) is 2.63. The maximum atomic E-state index is 12.0. The third-order valence-corrected chi connectivity index (χ3v) is 4.96. The number of ether oxygens (including phenoxy) is 1. The fourth-order valence-electron chi connectivity index (χ4n) is 3.48. The van der Waals surface area contributed by atoms with E-state index in [1.165, 1.54) is 17.5 Å². The van der Waals surface area contributed by atoms with Crippen molar-refractivity contribution < 1.29 is 14.3 Å². The molecule has 0 aromatic heterocycles. The molecule has 0 saturated heterocycles. The van der Waals surface area contributed by atoms with Crippen LogP contribution in [0.25, 0.3) is 0 Å². The van der Waals surface area contributed by atoms with Gasteiger partial charge in [0.2, 0.25) is 5.91 Å². The van der Waals surface area contributed by atoms with E-state index in [4.69, 9.17) is 4.74 Å². The van der Waals surface area contributed by atoms with Gasteiger partial charge >= 0.3 is 0 Å². The topological polar surface area (TPSA) is 67.4 Å². The molecule has 1 saturated carbocycles. The maximum Gasteiger partial charge on any atom is 0.258 e. The van der Waals surface area contributed by atoms with Gasteiger partial charge in [0.05, 0.1) is 0 Å². The Morgan fingerprint density at radius 3 is 2.46 bits per heavy atom. The van der Waals surface area contributed by atoms with Gasteiger partial charge in [0, 0.05) is 19.0 Å². The van der Waals surface area contributed by atoms with Gasteiger partial charge in [-0.3, -0.25) is 9.59 Å². The Hall–Kier alpha value is -2.04. The monoisotopic (exact) mass is 360 g/mol. The molecule has 1 aromatic carbocycles. The van der Waals surface area contributed by atoms with Crippen LogP contribution in [-0.4, -0.2) is 31.5 Å². The maximum absolute atomic E-state index is 12.0. The number of aryl methyl sites for hydroxylation is 1. The van der Waals surface area contributed by atoms with E-state index in [9.17, 15) is 9.59 Å². The molecule has 0 heterocycles. The number of hydrogen-bond acceptors (Lipinski definition) is 3. The molecule has 0 radical (unpaired) electrons. The van der Waals surface area contributed by atoms with E-state index in [1.54, 1.807) is 0 Å². The SMILES string of the molecule is Cc1cc(OCC(=O)NCCNC(=O)C2CCCCC2)ccc1C(C)C. The lowest BCUT2D eigenvalue weighted by Crippen LogP contribution is -2.39. The number of hydrogen-bond donors (Lipinski definition) is 2. The van der Waals surface area contributed by atoms with Crippen LogP contribution in [0.1, 0.15) is 63.0 Å². The molecule has 1 aromatic rings. The molecule has 0 unspecified atom stereocenters. The molecule has 5 nitrogen and oxygen atoms in total. The summed E-state index contributed by atoms with van der Waals surface area (Å²) in [5.74, 6) is 1.27. The van der Waals surface area contributed by atoms with Gasteiger partial charge in [-0.25, -0.2) is 0 Å². The largest absolute Gasteiger partial charge is 0.484 e. The van der Waals surface area contributed by atoms with Gasteiger partial charge in [-0.15, -0.1) is 0 Å². The standard InChI is InChI=1S/C21H32N2O3/c1-15(2)19-10-9-18(13-16(19)3)26-14-20(24)22-11-12-23-21(25)17-7-5-4-6-8-17/h9-10,13,15,17H,4-8,11-12,14H2,1-3H3,(H,22,24)(H,23,25). The van der Waals surface area contributed by atoms with E-state index in [0.717, 1.165) is 25.7 Å². The Bertz CT molecular complexity index is 607. The van der Waals surface area contributed by atoms with Gasteiger partial charge in [-0.1, -0.05) is 39.2 Å². The fourth-order valence-corrected chi connectivity index (χ4v) is 3.48. The zero-order valence-corrected chi connectivity index (χ0v) is 16.3. The van der Waals surface area contributed by atoms with Crippen LogP contribution in [0.3, 0.4) is 0 Å². The van der Waals surface area contributed by atoms with Crippen LogP contribution < -0.4 is 15.4 Å². The number of carbonyl (C=O) groups is 2. The van der Waals surface area contributed by atoms with Gasteiger partial charge in [0.25, 0.3) is 5.91 Å². The lowest BCUT2D eigenvalue weighted by atomic mass is 9.89. The number of amides is 2. The number of rotatable bonds is 8. The molecule has 0 spiro atoms. The smallest absolute Gasteiger partial charge is 0.258 e. The quantitative estimate of drug-likeness (QED) is 0.699. The van der Waals surface area contributed by atoms with Gasteiger partial charge in [-0.2, -0.15) is 0 Å². The molecular weight excluding hydrogens is 328 g/mol. The molecular formula is C21H32N2O3. The van der Waals surface area contributed by atoms with Crippen molar-refractivity contribution in [3.63, 3.8) is 0 Å². The summed E-state index contributed by atoms with van der Waals surface area (Å²) in [6.07, 6.45) is 5.50. The molecule has 2 rings (SSSR count). The Labute approximate surface area is 156 Å². The highest BCUT2D eigenvalue weighted by Gasteiger charge is 2.20. The first-order valence-electron chi connectivity index (χ1n) is 9.75. The number of carbonyl (C=O) groups excluding carboxylic acids is 2. The van der Waals surface area contributed by atoms with E-state index < -0.39 is 0 Å². The second kappa shape index (κ2) is 10.2. The van der Waals surface area contributed by atoms with Crippen molar-refractivity contribution in [3.8, 4) is 5.75 Å². The Balaban J connectivity index is 1.63. The molecule has 144 valence electrons. The molecule has 0 atom stereocenters. The highest BCUT2D eigenvalue weighted by molar-refractivity contribution is 5.79. The van der Waals surface area contributed by atoms with Crippen molar-refractivity contribution in [1.82, 2.24) is 10.6 Å². The first kappa shape index (κ1) is 20.3. The van der Waals surface area contributed by atoms with Gasteiger partial charge in [-0.05, 0) is 48.9 Å². The van der Waals surface area contributed by atoms with Crippen LogP contribution in [0.5, 0.6) is 5.75 Å². The Morgan fingerprint density at radius 2 is 1.81 bits per heavy atom. The zero-order valence-electron chi connectivity index (χ0n) is 16.3. The summed E-state index contributed by atoms with van der Waals surface area (Å²) < 4.78 is 5.56. The zero-order chi connectivity index (χ0) is 18.9. The van der Waals surface area contributed by atoms with Crippen LogP contribution in [0.4, 0.5) is 0 Å². The van der Waals surface area contributed by atoms with E-state index >= 15 is 0 Å². The van der Waals surface area contributed by atoms with Crippen LogP contribution in [0.15, 0.2) is 18.2 Å². The first-order valence-corrected chi connectivity index (χ1v) is 9.75. The lowest BCUT2D eigenvalue weighted by Gasteiger charge is -2.20. The van der Waals surface area contributed by atoms with Crippen molar-refractivity contribution in [2.24, 2.45) is 5.92 Å². The summed E-state index contributed by atoms with van der Waals surface area (Å²) in [5.41, 5.74) is 2.46. The third-order valence-electron chi connectivity index (χ3n) is 4.96. The predicted molar refractivity (Wildman–Crippen MR) is 103 cm³/mol. The van der Waals surface area contributed by atoms with Crippen molar-refractivity contribution in [3.05, 3.63) is 29.3 Å². The van der Waals surface area contributed by atoms with Crippen LogP contribution in [0.2, 0.25) is 0 Å². The summed E-state index contributed by atoms with van der Waals surface area (Å²) in [6.45, 7) is 7.23. The van der Waals surface area contributed by atoms with E-state index in [0.29, 0.717) is 24.8 Å². The summed E-state index contributed by atoms with van der Waals surface area (Å²) in [6, 6.07) is 5.92.